The van der Waals surface area contributed by atoms with Crippen molar-refractivity contribution >= 4 is 0 Å². The minimum absolute atomic E-state index is 0.212. The largest absolute Gasteiger partial charge is 0.346 e. The molecule has 4 aromatic rings. The topological polar surface area (TPSA) is 58.5 Å². The van der Waals surface area contributed by atoms with Crippen LogP contribution >= 0.6 is 0 Å². The molecular weight excluding hydrogens is 384 g/mol. The number of halogens is 2. The zero-order chi connectivity index (χ0) is 21.1. The third kappa shape index (κ3) is 4.31. The van der Waals surface area contributed by atoms with Crippen molar-refractivity contribution in [3.8, 4) is 16.9 Å². The first-order valence-electron chi connectivity index (χ1n) is 9.82. The average Bonchev–Trinajstić information content (AvgIpc) is 3.32. The molecule has 0 saturated heterocycles. The average molecular weight is 407 g/mol. The van der Waals surface area contributed by atoms with Crippen LogP contribution in [0.15, 0.2) is 54.9 Å². The van der Waals surface area contributed by atoms with Crippen molar-refractivity contribution in [1.29, 1.82) is 0 Å². The van der Waals surface area contributed by atoms with Crippen molar-refractivity contribution in [2.45, 2.75) is 26.8 Å². The van der Waals surface area contributed by atoms with Crippen LogP contribution in [0, 0.1) is 25.5 Å². The fourth-order valence-electron chi connectivity index (χ4n) is 3.42. The first kappa shape index (κ1) is 20.0. The molecule has 4 rings (SSSR count). The molecular formula is C23H23F2N5. The number of H-pyrrole nitrogens is 1. The lowest BCUT2D eigenvalue weighted by Crippen LogP contribution is -2.17. The quantitative estimate of drug-likeness (QED) is 0.444. The Hall–Kier alpha value is -3.32. The lowest BCUT2D eigenvalue weighted by atomic mass is 10.0. The van der Waals surface area contributed by atoms with Gasteiger partial charge in [-0.1, -0.05) is 24.3 Å². The smallest absolute Gasteiger partial charge is 0.151 e. The molecule has 0 fully saturated rings. The van der Waals surface area contributed by atoms with E-state index in [1.54, 1.807) is 6.20 Å². The fraction of sp³-hybridized carbons (Fsp3) is 0.217. The van der Waals surface area contributed by atoms with Crippen LogP contribution in [0.5, 0.6) is 0 Å². The summed E-state index contributed by atoms with van der Waals surface area (Å²) in [5.74, 6) is -0.331. The minimum Gasteiger partial charge on any atom is -0.346 e. The standard InChI is InChI=1S/C23H23F2N5/c1-15-5-3-4-6-19(15)23-17(13-26-10-9-22-27-12-16(2)28-22)14-30(29-23)21-8-7-18(24)11-20(21)25/h3-8,11-12,14,26H,9-10,13H2,1-2H3,(H,27,28). The van der Waals surface area contributed by atoms with E-state index < -0.39 is 11.6 Å². The van der Waals surface area contributed by atoms with Crippen LogP contribution in [-0.2, 0) is 13.0 Å². The summed E-state index contributed by atoms with van der Waals surface area (Å²) < 4.78 is 29.1. The van der Waals surface area contributed by atoms with Gasteiger partial charge >= 0.3 is 0 Å². The molecule has 0 radical (unpaired) electrons. The lowest BCUT2D eigenvalue weighted by Gasteiger charge is -2.07. The first-order valence-corrected chi connectivity index (χ1v) is 9.82. The number of rotatable bonds is 7. The first-order chi connectivity index (χ1) is 14.5. The van der Waals surface area contributed by atoms with Crippen molar-refractivity contribution in [2.24, 2.45) is 0 Å². The van der Waals surface area contributed by atoms with Crippen LogP contribution in [0.2, 0.25) is 0 Å². The predicted octanol–water partition coefficient (Wildman–Crippen LogP) is 4.49. The van der Waals surface area contributed by atoms with E-state index in [2.05, 4.69) is 20.4 Å². The number of imidazole rings is 1. The number of aryl methyl sites for hydroxylation is 2. The summed E-state index contributed by atoms with van der Waals surface area (Å²) >= 11 is 0. The van der Waals surface area contributed by atoms with Crippen molar-refractivity contribution in [2.75, 3.05) is 6.54 Å². The highest BCUT2D eigenvalue weighted by atomic mass is 19.1. The van der Waals surface area contributed by atoms with Gasteiger partial charge < -0.3 is 10.3 Å². The Labute approximate surface area is 173 Å². The molecule has 0 bridgehead atoms. The highest BCUT2D eigenvalue weighted by Gasteiger charge is 2.16. The van der Waals surface area contributed by atoms with E-state index in [1.165, 1.54) is 16.8 Å². The van der Waals surface area contributed by atoms with E-state index in [4.69, 9.17) is 0 Å². The number of aromatic nitrogens is 4. The Balaban J connectivity index is 1.60. The van der Waals surface area contributed by atoms with Crippen molar-refractivity contribution < 1.29 is 8.78 Å². The second-order valence-corrected chi connectivity index (χ2v) is 7.30. The second-order valence-electron chi connectivity index (χ2n) is 7.30. The van der Waals surface area contributed by atoms with Gasteiger partial charge in [0.1, 0.15) is 17.3 Å². The van der Waals surface area contributed by atoms with Crippen LogP contribution < -0.4 is 5.32 Å². The maximum Gasteiger partial charge on any atom is 0.151 e. The molecule has 0 aliphatic carbocycles. The molecule has 0 aliphatic heterocycles. The van der Waals surface area contributed by atoms with E-state index in [1.807, 2.05) is 44.3 Å². The van der Waals surface area contributed by atoms with E-state index in [9.17, 15) is 8.78 Å². The third-order valence-corrected chi connectivity index (χ3v) is 4.96. The van der Waals surface area contributed by atoms with Gasteiger partial charge in [-0.3, -0.25) is 0 Å². The Morgan fingerprint density at radius 1 is 1.10 bits per heavy atom. The number of benzene rings is 2. The van der Waals surface area contributed by atoms with Gasteiger partial charge in [-0.05, 0) is 31.5 Å². The Bertz CT molecular complexity index is 1160. The SMILES string of the molecule is Cc1cnc(CCNCc2cn(-c3ccc(F)cc3F)nc2-c2ccccc2C)[nH]1. The minimum atomic E-state index is -0.651. The van der Waals surface area contributed by atoms with Crippen LogP contribution in [0.25, 0.3) is 16.9 Å². The molecule has 2 aromatic heterocycles. The fourth-order valence-corrected chi connectivity index (χ4v) is 3.42. The molecule has 5 nitrogen and oxygen atoms in total. The zero-order valence-corrected chi connectivity index (χ0v) is 16.9. The molecule has 30 heavy (non-hydrogen) atoms. The van der Waals surface area contributed by atoms with Crippen LogP contribution in [0.4, 0.5) is 8.78 Å². The number of hydrogen-bond donors (Lipinski definition) is 2. The molecule has 0 spiro atoms. The number of nitrogens with one attached hydrogen (secondary N) is 2. The number of aromatic amines is 1. The molecule has 0 aliphatic rings. The van der Waals surface area contributed by atoms with Gasteiger partial charge in [0.25, 0.3) is 0 Å². The lowest BCUT2D eigenvalue weighted by molar-refractivity contribution is 0.573. The van der Waals surface area contributed by atoms with Crippen molar-refractivity contribution in [3.05, 3.63) is 89.1 Å². The van der Waals surface area contributed by atoms with E-state index >= 15 is 0 Å². The molecule has 2 heterocycles. The third-order valence-electron chi connectivity index (χ3n) is 4.96. The van der Waals surface area contributed by atoms with E-state index in [0.717, 1.165) is 52.9 Å². The molecule has 154 valence electrons. The highest BCUT2D eigenvalue weighted by Crippen LogP contribution is 2.27. The molecule has 2 aromatic carbocycles. The second kappa shape index (κ2) is 8.59. The highest BCUT2D eigenvalue weighted by molar-refractivity contribution is 5.66. The summed E-state index contributed by atoms with van der Waals surface area (Å²) in [5.41, 5.74) is 5.02. The van der Waals surface area contributed by atoms with E-state index in [-0.39, 0.29) is 5.69 Å². The molecule has 0 saturated carbocycles. The number of nitrogens with zero attached hydrogens (tertiary/aromatic N) is 3. The van der Waals surface area contributed by atoms with Gasteiger partial charge in [0.15, 0.2) is 5.82 Å². The molecule has 7 heteroatoms. The monoisotopic (exact) mass is 407 g/mol. The van der Waals surface area contributed by atoms with Gasteiger partial charge in [-0.2, -0.15) is 5.10 Å². The summed E-state index contributed by atoms with van der Waals surface area (Å²) in [7, 11) is 0. The van der Waals surface area contributed by atoms with Crippen LogP contribution in [0.3, 0.4) is 0 Å². The summed E-state index contributed by atoms with van der Waals surface area (Å²) in [5, 5.41) is 8.05. The summed E-state index contributed by atoms with van der Waals surface area (Å²) in [4.78, 5) is 7.53. The molecule has 0 unspecified atom stereocenters. The van der Waals surface area contributed by atoms with Crippen molar-refractivity contribution in [3.63, 3.8) is 0 Å². The maximum atomic E-state index is 14.3. The van der Waals surface area contributed by atoms with Gasteiger partial charge in [-0.25, -0.2) is 18.4 Å². The van der Waals surface area contributed by atoms with Crippen LogP contribution in [-0.4, -0.2) is 26.3 Å². The Morgan fingerprint density at radius 3 is 2.67 bits per heavy atom. The zero-order valence-electron chi connectivity index (χ0n) is 16.9. The number of hydrogen-bond acceptors (Lipinski definition) is 3. The van der Waals surface area contributed by atoms with Gasteiger partial charge in [0.05, 0.1) is 5.69 Å². The van der Waals surface area contributed by atoms with Gasteiger partial charge in [0.2, 0.25) is 0 Å². The Morgan fingerprint density at radius 2 is 1.93 bits per heavy atom. The van der Waals surface area contributed by atoms with Crippen LogP contribution in [0.1, 0.15) is 22.6 Å². The van der Waals surface area contributed by atoms with Gasteiger partial charge in [-0.15, -0.1) is 0 Å². The normalized spacial score (nSPS) is 11.2. The predicted molar refractivity (Wildman–Crippen MR) is 112 cm³/mol. The van der Waals surface area contributed by atoms with Gasteiger partial charge in [0, 0.05) is 54.8 Å². The molecule has 2 N–H and O–H groups in total. The summed E-state index contributed by atoms with van der Waals surface area (Å²) in [6, 6.07) is 11.4. The Kier molecular flexibility index (Phi) is 5.72. The summed E-state index contributed by atoms with van der Waals surface area (Å²) in [6.07, 6.45) is 4.38. The molecule has 0 amide bonds. The molecule has 0 atom stereocenters. The van der Waals surface area contributed by atoms with Crippen molar-refractivity contribution in [1.82, 2.24) is 25.1 Å². The summed E-state index contributed by atoms with van der Waals surface area (Å²) in [6.45, 7) is 5.28. The van der Waals surface area contributed by atoms with E-state index in [0.29, 0.717) is 6.54 Å². The maximum absolute atomic E-state index is 14.3.